The van der Waals surface area contributed by atoms with Crippen molar-refractivity contribution < 1.29 is 28.6 Å². The lowest BCUT2D eigenvalue weighted by atomic mass is 10.2. The molecule has 134 valence electrons. The molecular formula is C17H20N2O6. The summed E-state index contributed by atoms with van der Waals surface area (Å²) in [5.41, 5.74) is 0.721. The Kier molecular flexibility index (Phi) is 6.39. The lowest BCUT2D eigenvalue weighted by molar-refractivity contribution is -0.143. The highest BCUT2D eigenvalue weighted by Gasteiger charge is 2.13. The second kappa shape index (κ2) is 8.72. The molecule has 0 aliphatic carbocycles. The third-order valence-corrected chi connectivity index (χ3v) is 3.08. The Bertz CT molecular complexity index is 684. The molecule has 0 aromatic heterocycles. The number of nitrogens with one attached hydrogen (secondary N) is 2. The molecule has 0 radical (unpaired) electrons. The fraction of sp³-hybridized carbons (Fsp3) is 0.353. The van der Waals surface area contributed by atoms with Gasteiger partial charge < -0.3 is 19.5 Å². The van der Waals surface area contributed by atoms with Crippen LogP contribution in [0.1, 0.15) is 19.4 Å². The minimum Gasteiger partial charge on any atom is -0.454 e. The van der Waals surface area contributed by atoms with Crippen molar-refractivity contribution in [1.82, 2.24) is 10.6 Å². The Hall–Kier alpha value is -3.03. The van der Waals surface area contributed by atoms with E-state index in [1.807, 2.05) is 13.8 Å². The van der Waals surface area contributed by atoms with E-state index < -0.39 is 24.5 Å². The Labute approximate surface area is 145 Å². The highest BCUT2D eigenvalue weighted by molar-refractivity contribution is 5.96. The zero-order valence-corrected chi connectivity index (χ0v) is 14.0. The summed E-state index contributed by atoms with van der Waals surface area (Å²) in [5.74, 6) is 0.107. The fourth-order valence-corrected chi connectivity index (χ4v) is 1.87. The van der Waals surface area contributed by atoms with E-state index in [0.29, 0.717) is 18.0 Å². The molecule has 1 aliphatic rings. The average Bonchev–Trinajstić information content (AvgIpc) is 3.04. The molecule has 1 aromatic rings. The first-order chi connectivity index (χ1) is 11.9. The number of ether oxygens (including phenoxy) is 3. The molecule has 8 heteroatoms. The van der Waals surface area contributed by atoms with E-state index in [-0.39, 0.29) is 12.7 Å². The molecule has 2 N–H and O–H groups in total. The number of hydrogen-bond donors (Lipinski definition) is 2. The van der Waals surface area contributed by atoms with E-state index in [9.17, 15) is 14.4 Å². The molecule has 2 rings (SSSR count). The first-order valence-electron chi connectivity index (χ1n) is 7.76. The van der Waals surface area contributed by atoms with Crippen LogP contribution in [0.5, 0.6) is 11.5 Å². The third-order valence-electron chi connectivity index (χ3n) is 3.08. The van der Waals surface area contributed by atoms with Crippen molar-refractivity contribution in [3.8, 4) is 11.5 Å². The summed E-state index contributed by atoms with van der Waals surface area (Å²) in [6.07, 6.45) is 2.71. The van der Waals surface area contributed by atoms with Crippen molar-refractivity contribution in [3.63, 3.8) is 0 Å². The number of rotatable bonds is 6. The number of carbonyl (C=O) groups is 3. The van der Waals surface area contributed by atoms with Gasteiger partial charge in [-0.25, -0.2) is 9.59 Å². The molecule has 0 unspecified atom stereocenters. The molecule has 0 spiro atoms. The zero-order chi connectivity index (χ0) is 18.2. The van der Waals surface area contributed by atoms with E-state index in [2.05, 4.69) is 10.6 Å². The number of carbonyl (C=O) groups excluding carboxylic acids is 3. The van der Waals surface area contributed by atoms with Crippen LogP contribution in [0.2, 0.25) is 0 Å². The van der Waals surface area contributed by atoms with Gasteiger partial charge in [0.05, 0.1) is 0 Å². The SMILES string of the molecule is CC(C)CNC(=O)NC(=O)COC(=O)/C=C/c1ccc2c(c1)OCO2. The van der Waals surface area contributed by atoms with Gasteiger partial charge in [0.25, 0.3) is 5.91 Å². The fourth-order valence-electron chi connectivity index (χ4n) is 1.87. The van der Waals surface area contributed by atoms with Crippen molar-refractivity contribution in [3.05, 3.63) is 29.8 Å². The number of esters is 1. The Balaban J connectivity index is 1.73. The molecule has 0 fully saturated rings. The summed E-state index contributed by atoms with van der Waals surface area (Å²) in [7, 11) is 0. The predicted octanol–water partition coefficient (Wildman–Crippen LogP) is 1.45. The molecule has 1 aliphatic heterocycles. The third kappa shape index (κ3) is 6.17. The standard InChI is InChI=1S/C17H20N2O6/c1-11(2)8-18-17(22)19-15(20)9-23-16(21)6-4-12-3-5-13-14(7-12)25-10-24-13/h3-7,11H,8-10H2,1-2H3,(H2,18,19,20,22)/b6-4+. The molecule has 0 saturated heterocycles. The first-order valence-corrected chi connectivity index (χ1v) is 7.76. The van der Waals surface area contributed by atoms with Crippen molar-refractivity contribution in [2.75, 3.05) is 19.9 Å². The summed E-state index contributed by atoms with van der Waals surface area (Å²) in [6, 6.07) is 4.59. The monoisotopic (exact) mass is 348 g/mol. The van der Waals surface area contributed by atoms with Crippen LogP contribution in [0.25, 0.3) is 6.08 Å². The van der Waals surface area contributed by atoms with Crippen LogP contribution in [0.15, 0.2) is 24.3 Å². The average molecular weight is 348 g/mol. The van der Waals surface area contributed by atoms with Crippen molar-refractivity contribution >= 4 is 24.0 Å². The first kappa shape index (κ1) is 18.3. The molecule has 0 saturated carbocycles. The predicted molar refractivity (Wildman–Crippen MR) is 88.9 cm³/mol. The maximum Gasteiger partial charge on any atom is 0.331 e. The van der Waals surface area contributed by atoms with Crippen molar-refractivity contribution in [2.24, 2.45) is 5.92 Å². The molecule has 0 bridgehead atoms. The lowest BCUT2D eigenvalue weighted by Crippen LogP contribution is -2.42. The van der Waals surface area contributed by atoms with Gasteiger partial charge >= 0.3 is 12.0 Å². The number of fused-ring (bicyclic) bond motifs is 1. The molecule has 3 amide bonds. The van der Waals surface area contributed by atoms with E-state index >= 15 is 0 Å². The second-order valence-electron chi connectivity index (χ2n) is 5.71. The van der Waals surface area contributed by atoms with E-state index in [0.717, 1.165) is 5.56 Å². The topological polar surface area (TPSA) is 103 Å². The van der Waals surface area contributed by atoms with Gasteiger partial charge in [0, 0.05) is 12.6 Å². The highest BCUT2D eigenvalue weighted by atomic mass is 16.7. The van der Waals surface area contributed by atoms with Gasteiger partial charge in [0.2, 0.25) is 6.79 Å². The van der Waals surface area contributed by atoms with Crippen LogP contribution in [-0.4, -0.2) is 37.9 Å². The maximum absolute atomic E-state index is 11.6. The number of imide groups is 1. The minimum atomic E-state index is -0.703. The Morgan fingerprint density at radius 1 is 1.24 bits per heavy atom. The highest BCUT2D eigenvalue weighted by Crippen LogP contribution is 2.32. The Morgan fingerprint density at radius 2 is 2.00 bits per heavy atom. The molecule has 1 aromatic carbocycles. The quantitative estimate of drug-likeness (QED) is 0.596. The van der Waals surface area contributed by atoms with Crippen LogP contribution >= 0.6 is 0 Å². The summed E-state index contributed by atoms with van der Waals surface area (Å²) in [5, 5.41) is 4.59. The normalized spacial score (nSPS) is 12.3. The van der Waals surface area contributed by atoms with Gasteiger partial charge in [-0.2, -0.15) is 0 Å². The van der Waals surface area contributed by atoms with E-state index in [4.69, 9.17) is 14.2 Å². The smallest absolute Gasteiger partial charge is 0.331 e. The van der Waals surface area contributed by atoms with Gasteiger partial charge in [0.15, 0.2) is 18.1 Å². The summed E-state index contributed by atoms with van der Waals surface area (Å²) < 4.78 is 15.2. The van der Waals surface area contributed by atoms with Gasteiger partial charge in [0.1, 0.15) is 0 Å². The molecular weight excluding hydrogens is 328 g/mol. The van der Waals surface area contributed by atoms with Crippen LogP contribution in [0.3, 0.4) is 0 Å². The van der Waals surface area contributed by atoms with Crippen molar-refractivity contribution in [2.45, 2.75) is 13.8 Å². The van der Waals surface area contributed by atoms with Gasteiger partial charge in [-0.1, -0.05) is 19.9 Å². The van der Waals surface area contributed by atoms with Crippen LogP contribution in [0, 0.1) is 5.92 Å². The number of amides is 3. The summed E-state index contributed by atoms with van der Waals surface area (Å²) >= 11 is 0. The van der Waals surface area contributed by atoms with E-state index in [1.54, 1.807) is 18.2 Å². The number of hydrogen-bond acceptors (Lipinski definition) is 6. The van der Waals surface area contributed by atoms with Crippen LogP contribution in [0.4, 0.5) is 4.79 Å². The van der Waals surface area contributed by atoms with Gasteiger partial charge in [-0.15, -0.1) is 0 Å². The lowest BCUT2D eigenvalue weighted by Gasteiger charge is -2.08. The van der Waals surface area contributed by atoms with E-state index in [1.165, 1.54) is 12.2 Å². The Morgan fingerprint density at radius 3 is 2.76 bits per heavy atom. The number of urea groups is 1. The maximum atomic E-state index is 11.6. The summed E-state index contributed by atoms with van der Waals surface area (Å²) in [4.78, 5) is 34.5. The van der Waals surface area contributed by atoms with Gasteiger partial charge in [-0.05, 0) is 29.7 Å². The number of benzene rings is 1. The summed E-state index contributed by atoms with van der Waals surface area (Å²) in [6.45, 7) is 3.92. The largest absolute Gasteiger partial charge is 0.454 e. The van der Waals surface area contributed by atoms with Crippen LogP contribution < -0.4 is 20.1 Å². The van der Waals surface area contributed by atoms with Crippen molar-refractivity contribution in [1.29, 1.82) is 0 Å². The molecule has 1 heterocycles. The minimum absolute atomic E-state index is 0.171. The zero-order valence-electron chi connectivity index (χ0n) is 14.0. The molecule has 8 nitrogen and oxygen atoms in total. The second-order valence-corrected chi connectivity index (χ2v) is 5.71. The van der Waals surface area contributed by atoms with Crippen LogP contribution in [-0.2, 0) is 14.3 Å². The molecule has 25 heavy (non-hydrogen) atoms. The molecule has 0 atom stereocenters. The van der Waals surface area contributed by atoms with Gasteiger partial charge in [-0.3, -0.25) is 10.1 Å².